The number of nitrogens with zero attached hydrogens (tertiary/aromatic N) is 4. The monoisotopic (exact) mass is 790 g/mol. The molecule has 0 radical (unpaired) electrons. The SMILES string of the molecule is CC(C)(C)c1ccc2c(c1)c1cc(C(C)(C)C)cc3c4c5c6cc7ccccc7c7c8cc(C(C)(C)C)cc(N(c9ccccc9)c9ccccc9)c8n(c5cnc4n2c13)c67. The number of hydrogen-bond acceptors (Lipinski definition) is 2. The second kappa shape index (κ2) is 12.0. The summed E-state index contributed by atoms with van der Waals surface area (Å²) in [4.78, 5) is 8.02. The average molecular weight is 791 g/mol. The molecule has 0 unspecified atom stereocenters. The summed E-state index contributed by atoms with van der Waals surface area (Å²) in [5, 5.41) is 12.7. The van der Waals surface area contributed by atoms with Gasteiger partial charge in [-0.2, -0.15) is 0 Å². The number of aromatic nitrogens is 3. The summed E-state index contributed by atoms with van der Waals surface area (Å²) in [6.07, 6.45) is 2.17. The lowest BCUT2D eigenvalue weighted by Gasteiger charge is -2.29. The summed E-state index contributed by atoms with van der Waals surface area (Å²) < 4.78 is 5.04. The van der Waals surface area contributed by atoms with E-state index in [0.29, 0.717) is 0 Å². The fourth-order valence-corrected chi connectivity index (χ4v) is 10.4. The molecule has 12 aromatic rings. The first-order chi connectivity index (χ1) is 29.2. The second-order valence-corrected chi connectivity index (χ2v) is 20.6. The highest BCUT2D eigenvalue weighted by molar-refractivity contribution is 6.38. The van der Waals surface area contributed by atoms with Crippen LogP contribution < -0.4 is 4.90 Å². The maximum atomic E-state index is 5.56. The van der Waals surface area contributed by atoms with Crippen molar-refractivity contribution in [2.75, 3.05) is 4.90 Å². The molecule has 0 saturated heterocycles. The summed E-state index contributed by atoms with van der Waals surface area (Å²) in [7, 11) is 0. The van der Waals surface area contributed by atoms with Crippen LogP contribution in [0.3, 0.4) is 0 Å². The van der Waals surface area contributed by atoms with Crippen molar-refractivity contribution in [2.24, 2.45) is 0 Å². The van der Waals surface area contributed by atoms with Crippen LogP contribution in [0.25, 0.3) is 87.1 Å². The van der Waals surface area contributed by atoms with Crippen LogP contribution in [0.1, 0.15) is 79.0 Å². The first-order valence-electron chi connectivity index (χ1n) is 21.8. The van der Waals surface area contributed by atoms with E-state index in [4.69, 9.17) is 4.98 Å². The molecule has 0 fully saturated rings. The highest BCUT2D eigenvalue weighted by atomic mass is 15.2. The lowest BCUT2D eigenvalue weighted by Crippen LogP contribution is -2.15. The van der Waals surface area contributed by atoms with Gasteiger partial charge in [0.15, 0.2) is 0 Å². The first-order valence-corrected chi connectivity index (χ1v) is 21.8. The number of pyridine rings is 1. The van der Waals surface area contributed by atoms with E-state index < -0.39 is 0 Å². The van der Waals surface area contributed by atoms with E-state index in [1.54, 1.807) is 0 Å². The number of para-hydroxylation sites is 2. The van der Waals surface area contributed by atoms with Crippen LogP contribution in [0.15, 0.2) is 140 Å². The molecular weight excluding hydrogens is 741 g/mol. The van der Waals surface area contributed by atoms with E-state index in [1.165, 1.54) is 92.6 Å². The van der Waals surface area contributed by atoms with Gasteiger partial charge in [0.25, 0.3) is 0 Å². The van der Waals surface area contributed by atoms with Crippen molar-refractivity contribution in [1.29, 1.82) is 0 Å². The highest BCUT2D eigenvalue weighted by Gasteiger charge is 2.31. The van der Waals surface area contributed by atoms with Crippen molar-refractivity contribution in [3.05, 3.63) is 156 Å². The van der Waals surface area contributed by atoms with Crippen LogP contribution in [0.4, 0.5) is 17.1 Å². The number of fused-ring (bicyclic) bond motifs is 15. The van der Waals surface area contributed by atoms with Gasteiger partial charge < -0.3 is 9.30 Å². The van der Waals surface area contributed by atoms with E-state index >= 15 is 0 Å². The normalized spacial score (nSPS) is 13.3. The van der Waals surface area contributed by atoms with Gasteiger partial charge >= 0.3 is 0 Å². The molecule has 0 atom stereocenters. The Bertz CT molecular complexity index is 3690. The van der Waals surface area contributed by atoms with E-state index in [0.717, 1.165) is 28.2 Å². The maximum Gasteiger partial charge on any atom is 0.146 e. The molecule has 0 spiro atoms. The molecular formula is C57H50N4. The number of rotatable bonds is 3. The Morgan fingerprint density at radius 1 is 0.410 bits per heavy atom. The topological polar surface area (TPSA) is 24.9 Å². The van der Waals surface area contributed by atoms with E-state index in [2.05, 4.69) is 216 Å². The quantitative estimate of drug-likeness (QED) is 0.178. The van der Waals surface area contributed by atoms with Crippen LogP contribution in [0.2, 0.25) is 0 Å². The Kier molecular flexibility index (Phi) is 7.13. The third kappa shape index (κ3) is 4.96. The highest BCUT2D eigenvalue weighted by Crippen LogP contribution is 2.52. The fourth-order valence-electron chi connectivity index (χ4n) is 10.4. The summed E-state index contributed by atoms with van der Waals surface area (Å²) in [5.74, 6) is 0. The number of hydrogen-bond donors (Lipinski definition) is 0. The standard InChI is InChI=1S/C57H50N4/c1-55(2,3)34-24-25-45-40(27-34)41-28-35(56(4,5)6)29-44-50-49-42-26-33-18-16-17-23-39(33)48-43-30-36(57(7,8)9)31-46(59(37-19-12-10-13-20-37)38-21-14-11-15-22-38)52(43)60(53(42)48)47(49)32-58-54(50)61(45)51(41)44/h10-32H,1-9H3. The molecule has 12 rings (SSSR count). The van der Waals surface area contributed by atoms with Crippen LogP contribution in [0, 0.1) is 0 Å². The largest absolute Gasteiger partial charge is 0.308 e. The van der Waals surface area contributed by atoms with E-state index in [9.17, 15) is 0 Å². The van der Waals surface area contributed by atoms with Gasteiger partial charge in [-0.25, -0.2) is 4.98 Å². The second-order valence-electron chi connectivity index (χ2n) is 20.6. The molecule has 0 bridgehead atoms. The van der Waals surface area contributed by atoms with Crippen molar-refractivity contribution < 1.29 is 0 Å². The molecule has 0 saturated carbocycles. The van der Waals surface area contributed by atoms with Gasteiger partial charge in [0.2, 0.25) is 0 Å². The molecule has 4 heteroatoms. The molecule has 7 aromatic carbocycles. The number of anilines is 3. The Balaban J connectivity index is 1.33. The van der Waals surface area contributed by atoms with Gasteiger partial charge in [0.1, 0.15) is 5.65 Å². The molecule has 5 aromatic heterocycles. The Morgan fingerprint density at radius 3 is 1.62 bits per heavy atom. The number of benzene rings is 7. The van der Waals surface area contributed by atoms with Gasteiger partial charge in [0, 0.05) is 54.5 Å². The van der Waals surface area contributed by atoms with Crippen molar-refractivity contribution >= 4 is 104 Å². The molecule has 0 N–H and O–H groups in total. The van der Waals surface area contributed by atoms with Gasteiger partial charge in [0.05, 0.1) is 39.5 Å². The van der Waals surface area contributed by atoms with Crippen LogP contribution in [-0.4, -0.2) is 13.8 Å². The lowest BCUT2D eigenvalue weighted by molar-refractivity contribution is 0.590. The third-order valence-corrected chi connectivity index (χ3v) is 13.6. The van der Waals surface area contributed by atoms with Gasteiger partial charge in [-0.05, 0) is 110 Å². The maximum absolute atomic E-state index is 5.56. The first kappa shape index (κ1) is 36.2. The molecule has 298 valence electrons. The smallest absolute Gasteiger partial charge is 0.146 e. The summed E-state index contributed by atoms with van der Waals surface area (Å²) in [6, 6.07) is 50.1. The molecule has 0 aliphatic heterocycles. The molecule has 5 heterocycles. The summed E-state index contributed by atoms with van der Waals surface area (Å²) in [6.45, 7) is 20.9. The van der Waals surface area contributed by atoms with E-state index in [1.807, 2.05) is 0 Å². The van der Waals surface area contributed by atoms with Crippen LogP contribution >= 0.6 is 0 Å². The minimum atomic E-state index is -0.0957. The summed E-state index contributed by atoms with van der Waals surface area (Å²) >= 11 is 0. The van der Waals surface area contributed by atoms with Gasteiger partial charge in [-0.3, -0.25) is 4.40 Å². The molecule has 61 heavy (non-hydrogen) atoms. The fraction of sp³-hybridized carbons (Fsp3) is 0.211. The predicted octanol–water partition coefficient (Wildman–Crippen LogP) is 15.9. The zero-order chi connectivity index (χ0) is 41.9. The van der Waals surface area contributed by atoms with Gasteiger partial charge in [-0.1, -0.05) is 129 Å². The zero-order valence-electron chi connectivity index (χ0n) is 36.6. The van der Waals surface area contributed by atoms with Crippen molar-refractivity contribution in [1.82, 2.24) is 13.8 Å². The molecule has 0 amide bonds. The Labute approximate surface area is 356 Å². The van der Waals surface area contributed by atoms with Crippen molar-refractivity contribution in [3.8, 4) is 0 Å². The van der Waals surface area contributed by atoms with Crippen LogP contribution in [0.5, 0.6) is 0 Å². The molecule has 4 nitrogen and oxygen atoms in total. The minimum Gasteiger partial charge on any atom is -0.308 e. The van der Waals surface area contributed by atoms with Gasteiger partial charge in [-0.15, -0.1) is 0 Å². The summed E-state index contributed by atoms with van der Waals surface area (Å²) in [5.41, 5.74) is 14.4. The van der Waals surface area contributed by atoms with E-state index in [-0.39, 0.29) is 16.2 Å². The zero-order valence-corrected chi connectivity index (χ0v) is 36.6. The average Bonchev–Trinajstić information content (AvgIpc) is 3.96. The van der Waals surface area contributed by atoms with Crippen molar-refractivity contribution in [2.45, 2.75) is 78.6 Å². The van der Waals surface area contributed by atoms with Crippen LogP contribution in [-0.2, 0) is 16.2 Å². The third-order valence-electron chi connectivity index (χ3n) is 13.6. The predicted molar refractivity (Wildman–Crippen MR) is 262 cm³/mol. The Morgan fingerprint density at radius 2 is 0.967 bits per heavy atom. The molecule has 0 aliphatic rings. The Hall–Kier alpha value is -6.65. The lowest BCUT2D eigenvalue weighted by atomic mass is 9.84. The van der Waals surface area contributed by atoms with Crippen molar-refractivity contribution in [3.63, 3.8) is 0 Å². The molecule has 0 aliphatic carbocycles. The minimum absolute atomic E-state index is 0.0367.